The Morgan fingerprint density at radius 3 is 2.42 bits per heavy atom. The second-order valence-electron chi connectivity index (χ2n) is 4.43. The summed E-state index contributed by atoms with van der Waals surface area (Å²) in [5.74, 6) is 0. The van der Waals surface area contributed by atoms with Gasteiger partial charge in [0.2, 0.25) is 0 Å². The van der Waals surface area contributed by atoms with E-state index in [0.29, 0.717) is 12.8 Å². The lowest BCUT2D eigenvalue weighted by molar-refractivity contribution is -0.137. The summed E-state index contributed by atoms with van der Waals surface area (Å²) in [7, 11) is 0. The van der Waals surface area contributed by atoms with Crippen LogP contribution in [0.5, 0.6) is 0 Å². The third kappa shape index (κ3) is 3.59. The minimum absolute atomic E-state index is 0.0124. The van der Waals surface area contributed by atoms with Crippen LogP contribution >= 0.6 is 0 Å². The van der Waals surface area contributed by atoms with Gasteiger partial charge in [-0.1, -0.05) is 6.08 Å². The Hall–Kier alpha value is -1.78. The first-order chi connectivity index (χ1) is 8.81. The molecule has 0 unspecified atom stereocenters. The van der Waals surface area contributed by atoms with E-state index in [1.807, 2.05) is 0 Å². The van der Waals surface area contributed by atoms with Gasteiger partial charge in [0.15, 0.2) is 0 Å². The zero-order valence-corrected chi connectivity index (χ0v) is 10.9. The molecule has 0 aromatic heterocycles. The predicted octanol–water partition coefficient (Wildman–Crippen LogP) is 3.92. The van der Waals surface area contributed by atoms with Crippen molar-refractivity contribution in [2.75, 3.05) is 11.4 Å². The number of nitrogens with zero attached hydrogens (tertiary/aromatic N) is 1. The van der Waals surface area contributed by atoms with Gasteiger partial charge in [-0.15, -0.1) is 6.58 Å². The normalized spacial score (nSPS) is 11.5. The van der Waals surface area contributed by atoms with Gasteiger partial charge in [0, 0.05) is 23.8 Å². The molecule has 0 fully saturated rings. The fourth-order valence-electron chi connectivity index (χ4n) is 1.83. The number of halogens is 3. The molecule has 0 aliphatic rings. The lowest BCUT2D eigenvalue weighted by atomic mass is 10.1. The van der Waals surface area contributed by atoms with Gasteiger partial charge in [-0.25, -0.2) is 0 Å². The first-order valence-corrected chi connectivity index (χ1v) is 5.85. The van der Waals surface area contributed by atoms with Gasteiger partial charge in [0.05, 0.1) is 5.56 Å². The molecule has 1 aromatic carbocycles. The lowest BCUT2D eigenvalue weighted by Gasteiger charge is -2.30. The van der Waals surface area contributed by atoms with Gasteiger partial charge < -0.3 is 4.90 Å². The molecule has 0 saturated heterocycles. The average molecular weight is 271 g/mol. The number of hydrogen-bond acceptors (Lipinski definition) is 2. The highest BCUT2D eigenvalue weighted by Gasteiger charge is 2.35. The smallest absolute Gasteiger partial charge is 0.365 e. The number of hydrogen-bond donors (Lipinski definition) is 0. The van der Waals surface area contributed by atoms with Gasteiger partial charge >= 0.3 is 6.18 Å². The number of benzene rings is 1. The topological polar surface area (TPSA) is 20.3 Å². The van der Waals surface area contributed by atoms with Crippen LogP contribution in [0.1, 0.15) is 29.8 Å². The zero-order valence-electron chi connectivity index (χ0n) is 10.9. The molecule has 0 spiro atoms. The Morgan fingerprint density at radius 1 is 1.37 bits per heavy atom. The quantitative estimate of drug-likeness (QED) is 0.597. The van der Waals surface area contributed by atoms with Crippen LogP contribution in [-0.4, -0.2) is 18.9 Å². The van der Waals surface area contributed by atoms with Crippen LogP contribution in [0.4, 0.5) is 18.9 Å². The maximum absolute atomic E-state index is 13.1. The summed E-state index contributed by atoms with van der Waals surface area (Å²) < 4.78 is 39.2. The van der Waals surface area contributed by atoms with Crippen LogP contribution in [0, 0.1) is 0 Å². The Labute approximate surface area is 110 Å². The van der Waals surface area contributed by atoms with E-state index in [0.717, 1.165) is 6.07 Å². The van der Waals surface area contributed by atoms with Crippen LogP contribution in [0.2, 0.25) is 0 Å². The number of anilines is 1. The van der Waals surface area contributed by atoms with E-state index in [1.54, 1.807) is 24.8 Å². The standard InChI is InChI=1S/C14H16F3NO/c1-4-7-18(10(2)3)13-6-5-11(9-19)8-12(13)14(15,16)17/h4-6,8-10H,1,7H2,2-3H3. The first kappa shape index (κ1) is 15.3. The van der Waals surface area contributed by atoms with Gasteiger partial charge in [-0.05, 0) is 32.0 Å². The van der Waals surface area contributed by atoms with Crippen molar-refractivity contribution in [3.05, 3.63) is 42.0 Å². The molecule has 0 saturated carbocycles. The molecule has 19 heavy (non-hydrogen) atoms. The summed E-state index contributed by atoms with van der Waals surface area (Å²) in [6.07, 6.45) is -2.54. The van der Waals surface area contributed by atoms with Crippen LogP contribution in [0.25, 0.3) is 0 Å². The number of carbonyl (C=O) groups excluding carboxylic acids is 1. The minimum Gasteiger partial charge on any atom is -0.365 e. The van der Waals surface area contributed by atoms with Crippen LogP contribution < -0.4 is 4.90 Å². The molecule has 2 nitrogen and oxygen atoms in total. The molecule has 0 radical (unpaired) electrons. The Morgan fingerprint density at radius 2 is 2.00 bits per heavy atom. The van der Waals surface area contributed by atoms with E-state index in [1.165, 1.54) is 12.1 Å². The predicted molar refractivity (Wildman–Crippen MR) is 69.5 cm³/mol. The van der Waals surface area contributed by atoms with E-state index in [4.69, 9.17) is 0 Å². The first-order valence-electron chi connectivity index (χ1n) is 5.85. The summed E-state index contributed by atoms with van der Waals surface area (Å²) in [5, 5.41) is 0. The van der Waals surface area contributed by atoms with Crippen LogP contribution in [0.15, 0.2) is 30.9 Å². The summed E-state index contributed by atoms with van der Waals surface area (Å²) in [6, 6.07) is 3.48. The van der Waals surface area contributed by atoms with Crippen molar-refractivity contribution in [1.82, 2.24) is 0 Å². The lowest BCUT2D eigenvalue weighted by Crippen LogP contribution is -2.32. The molecule has 0 bridgehead atoms. The minimum atomic E-state index is -4.50. The number of carbonyl (C=O) groups is 1. The maximum Gasteiger partial charge on any atom is 0.418 e. The van der Waals surface area contributed by atoms with E-state index >= 15 is 0 Å². The van der Waals surface area contributed by atoms with Crippen molar-refractivity contribution in [1.29, 1.82) is 0 Å². The monoisotopic (exact) mass is 271 g/mol. The fraction of sp³-hybridized carbons (Fsp3) is 0.357. The number of alkyl halides is 3. The second-order valence-corrected chi connectivity index (χ2v) is 4.43. The molecule has 5 heteroatoms. The molecular weight excluding hydrogens is 255 g/mol. The summed E-state index contributed by atoms with van der Waals surface area (Å²) in [6.45, 7) is 7.47. The largest absolute Gasteiger partial charge is 0.418 e. The molecule has 0 heterocycles. The van der Waals surface area contributed by atoms with Gasteiger partial charge in [-0.2, -0.15) is 13.2 Å². The van der Waals surface area contributed by atoms with Gasteiger partial charge in [0.1, 0.15) is 6.29 Å². The number of aldehydes is 1. The van der Waals surface area contributed by atoms with Crippen molar-refractivity contribution < 1.29 is 18.0 Å². The van der Waals surface area contributed by atoms with Crippen molar-refractivity contribution >= 4 is 12.0 Å². The summed E-state index contributed by atoms with van der Waals surface area (Å²) >= 11 is 0. The van der Waals surface area contributed by atoms with Crippen LogP contribution in [0.3, 0.4) is 0 Å². The van der Waals surface area contributed by atoms with Crippen molar-refractivity contribution in [3.8, 4) is 0 Å². The second kappa shape index (κ2) is 5.91. The maximum atomic E-state index is 13.1. The molecule has 0 aliphatic heterocycles. The summed E-state index contributed by atoms with van der Waals surface area (Å²) in [5.41, 5.74) is -0.723. The highest BCUT2D eigenvalue weighted by Crippen LogP contribution is 2.37. The van der Waals surface area contributed by atoms with Gasteiger partial charge in [-0.3, -0.25) is 4.79 Å². The molecule has 104 valence electrons. The van der Waals surface area contributed by atoms with Crippen molar-refractivity contribution in [3.63, 3.8) is 0 Å². The zero-order chi connectivity index (χ0) is 14.6. The van der Waals surface area contributed by atoms with E-state index in [9.17, 15) is 18.0 Å². The van der Waals surface area contributed by atoms with E-state index in [-0.39, 0.29) is 17.3 Å². The highest BCUT2D eigenvalue weighted by atomic mass is 19.4. The third-order valence-corrected chi connectivity index (χ3v) is 2.72. The van der Waals surface area contributed by atoms with Crippen LogP contribution in [-0.2, 0) is 6.18 Å². The average Bonchev–Trinajstić information content (AvgIpc) is 2.34. The van der Waals surface area contributed by atoms with Crippen molar-refractivity contribution in [2.45, 2.75) is 26.1 Å². The Balaban J connectivity index is 3.39. The molecule has 0 aliphatic carbocycles. The molecular formula is C14H16F3NO. The Kier molecular flexibility index (Phi) is 4.75. The number of rotatable bonds is 5. The third-order valence-electron chi connectivity index (χ3n) is 2.72. The van der Waals surface area contributed by atoms with E-state index in [2.05, 4.69) is 6.58 Å². The summed E-state index contributed by atoms with van der Waals surface area (Å²) in [4.78, 5) is 12.2. The van der Waals surface area contributed by atoms with Gasteiger partial charge in [0.25, 0.3) is 0 Å². The fourth-order valence-corrected chi connectivity index (χ4v) is 1.83. The Bertz CT molecular complexity index is 466. The molecule has 0 amide bonds. The SMILES string of the molecule is C=CCN(c1ccc(C=O)cc1C(F)(F)F)C(C)C. The molecule has 0 atom stereocenters. The van der Waals surface area contributed by atoms with E-state index < -0.39 is 11.7 Å². The molecule has 1 rings (SSSR count). The van der Waals surface area contributed by atoms with Crippen molar-refractivity contribution in [2.24, 2.45) is 0 Å². The highest BCUT2D eigenvalue weighted by molar-refractivity contribution is 5.77. The molecule has 0 N–H and O–H groups in total. The molecule has 1 aromatic rings.